The Morgan fingerprint density at radius 1 is 0.677 bits per heavy atom. The molecule has 1 rings (SSSR count). The van der Waals surface area contributed by atoms with Gasteiger partial charge in [0.25, 0.3) is 0 Å². The Balaban J connectivity index is 0. The smallest absolute Gasteiger partial charge is 0.314 e. The summed E-state index contributed by atoms with van der Waals surface area (Å²) in [5.41, 5.74) is 0. The lowest BCUT2D eigenvalue weighted by Gasteiger charge is -2.03. The van der Waals surface area contributed by atoms with Gasteiger partial charge >= 0.3 is 17.9 Å². The molecule has 0 atom stereocenters. The number of ether oxygens (including phenoxy) is 1. The van der Waals surface area contributed by atoms with Crippen molar-refractivity contribution < 1.29 is 34.4 Å². The summed E-state index contributed by atoms with van der Waals surface area (Å²) in [7, 11) is 0. The normalized spacial score (nSPS) is 12.5. The highest BCUT2D eigenvalue weighted by molar-refractivity contribution is 5.92. The fraction of sp³-hybridized carbons (Fsp3) is 0.875. The largest absolute Gasteiger partial charge is 0.481 e. The topological polar surface area (TPSA) is 121 Å². The molecule has 0 radical (unpaired) electrons. The van der Waals surface area contributed by atoms with Crippen LogP contribution in [0.5, 0.6) is 0 Å². The number of carboxylic acid groups (broad SMARTS) is 1. The van der Waals surface area contributed by atoms with Crippen molar-refractivity contribution in [1.29, 1.82) is 0 Å². The third kappa shape index (κ3) is 30.8. The molecule has 1 aliphatic rings. The van der Waals surface area contributed by atoms with Gasteiger partial charge in [0, 0.05) is 6.42 Å². The van der Waals surface area contributed by atoms with Crippen LogP contribution in [0.2, 0.25) is 0 Å². The van der Waals surface area contributed by atoms with E-state index in [4.69, 9.17) is 15.3 Å². The summed E-state index contributed by atoms with van der Waals surface area (Å²) in [6.07, 6.45) is 20.7. The van der Waals surface area contributed by atoms with E-state index in [1.54, 1.807) is 0 Å². The second-order valence-electron chi connectivity index (χ2n) is 7.89. The Bertz CT molecular complexity index is 408. The highest BCUT2D eigenvalue weighted by Gasteiger charge is 2.19. The predicted molar refractivity (Wildman–Crippen MR) is 122 cm³/mol. The fourth-order valence-corrected chi connectivity index (χ4v) is 3.08. The number of rotatable bonds is 17. The minimum Gasteiger partial charge on any atom is -0.481 e. The standard InChI is InChI=1S/C18H36O2.C4H4O3.C2H6O2/c1-2-3-4-5-6-7-8-9-10-11-12-13-14-15-16-17-18(19)20;5-3-1-2-4(6)7-3;3-1-2-4/h2-17H2,1H3,(H,19,20);1-2H2;3-4H,1-2H2. The van der Waals surface area contributed by atoms with Gasteiger partial charge in [-0.3, -0.25) is 14.4 Å². The van der Waals surface area contributed by atoms with Crippen molar-refractivity contribution >= 4 is 17.9 Å². The third-order valence-electron chi connectivity index (χ3n) is 4.86. The van der Waals surface area contributed by atoms with Gasteiger partial charge < -0.3 is 20.1 Å². The molecule has 0 bridgehead atoms. The zero-order chi connectivity index (χ0) is 23.6. The molecule has 0 amide bonds. The van der Waals surface area contributed by atoms with Gasteiger partial charge in [0.1, 0.15) is 0 Å². The summed E-state index contributed by atoms with van der Waals surface area (Å²) in [6, 6.07) is 0. The van der Waals surface area contributed by atoms with Crippen molar-refractivity contribution in [1.82, 2.24) is 0 Å². The van der Waals surface area contributed by atoms with E-state index >= 15 is 0 Å². The van der Waals surface area contributed by atoms with E-state index in [2.05, 4.69) is 11.7 Å². The first-order valence-corrected chi connectivity index (χ1v) is 12.1. The summed E-state index contributed by atoms with van der Waals surface area (Å²) in [4.78, 5) is 30.4. The number of aliphatic hydroxyl groups excluding tert-OH is 2. The van der Waals surface area contributed by atoms with Gasteiger partial charge in [0.2, 0.25) is 0 Å². The first kappa shape index (κ1) is 31.7. The second kappa shape index (κ2) is 26.6. The minimum atomic E-state index is -0.653. The van der Waals surface area contributed by atoms with Gasteiger partial charge in [-0.05, 0) is 6.42 Å². The number of esters is 2. The summed E-state index contributed by atoms with van der Waals surface area (Å²) in [6.45, 7) is 2.02. The van der Waals surface area contributed by atoms with Gasteiger partial charge in [-0.25, -0.2) is 0 Å². The monoisotopic (exact) mass is 446 g/mol. The maximum Gasteiger partial charge on any atom is 0.314 e. The molecule has 0 aromatic carbocycles. The molecule has 7 heteroatoms. The van der Waals surface area contributed by atoms with E-state index in [0.29, 0.717) is 6.42 Å². The van der Waals surface area contributed by atoms with E-state index in [-0.39, 0.29) is 26.1 Å². The second-order valence-corrected chi connectivity index (χ2v) is 7.89. The number of carboxylic acids is 1. The molecule has 31 heavy (non-hydrogen) atoms. The predicted octanol–water partition coefficient (Wildman–Crippen LogP) is 5.15. The van der Waals surface area contributed by atoms with Crippen LogP contribution in [-0.2, 0) is 19.1 Å². The molecule has 184 valence electrons. The van der Waals surface area contributed by atoms with Crippen LogP contribution in [0.15, 0.2) is 0 Å². The molecule has 3 N–H and O–H groups in total. The van der Waals surface area contributed by atoms with Crippen LogP contribution in [0.25, 0.3) is 0 Å². The number of cyclic esters (lactones) is 2. The summed E-state index contributed by atoms with van der Waals surface area (Å²) in [5.74, 6) is -1.45. The molecule has 1 saturated heterocycles. The van der Waals surface area contributed by atoms with E-state index in [1.165, 1.54) is 83.5 Å². The zero-order valence-corrected chi connectivity index (χ0v) is 19.6. The van der Waals surface area contributed by atoms with Crippen LogP contribution in [0.4, 0.5) is 0 Å². The Morgan fingerprint density at radius 3 is 1.23 bits per heavy atom. The molecule has 1 aliphatic heterocycles. The molecular weight excluding hydrogens is 400 g/mol. The lowest BCUT2D eigenvalue weighted by molar-refractivity contribution is -0.152. The van der Waals surface area contributed by atoms with Crippen molar-refractivity contribution in [2.24, 2.45) is 0 Å². The van der Waals surface area contributed by atoms with Crippen LogP contribution in [0.1, 0.15) is 122 Å². The zero-order valence-electron chi connectivity index (χ0n) is 19.6. The maximum absolute atomic E-state index is 10.3. The van der Waals surface area contributed by atoms with Crippen molar-refractivity contribution in [3.8, 4) is 0 Å². The van der Waals surface area contributed by atoms with E-state index in [0.717, 1.165) is 12.8 Å². The van der Waals surface area contributed by atoms with Crippen molar-refractivity contribution in [3.05, 3.63) is 0 Å². The lowest BCUT2D eigenvalue weighted by Crippen LogP contribution is -1.94. The van der Waals surface area contributed by atoms with Crippen LogP contribution < -0.4 is 0 Å². The van der Waals surface area contributed by atoms with Gasteiger partial charge in [0.15, 0.2) is 0 Å². The lowest BCUT2D eigenvalue weighted by atomic mass is 10.0. The Hall–Kier alpha value is -1.47. The van der Waals surface area contributed by atoms with Gasteiger partial charge in [-0.1, -0.05) is 96.8 Å². The summed E-state index contributed by atoms with van der Waals surface area (Å²) in [5, 5.41) is 23.8. The molecular formula is C24H46O7. The first-order chi connectivity index (χ1) is 15.0. The van der Waals surface area contributed by atoms with Crippen LogP contribution in [-0.4, -0.2) is 46.4 Å². The number of carbonyl (C=O) groups is 3. The number of unbranched alkanes of at least 4 members (excludes halogenated alkanes) is 14. The Labute approximate surface area is 188 Å². The van der Waals surface area contributed by atoms with Gasteiger partial charge in [0.05, 0.1) is 26.1 Å². The molecule has 1 heterocycles. The van der Waals surface area contributed by atoms with Crippen molar-refractivity contribution in [2.75, 3.05) is 13.2 Å². The number of hydrogen-bond acceptors (Lipinski definition) is 6. The number of hydrogen-bond donors (Lipinski definition) is 3. The first-order valence-electron chi connectivity index (χ1n) is 12.1. The molecule has 0 aromatic rings. The number of aliphatic hydroxyl groups is 2. The molecule has 0 aliphatic carbocycles. The fourth-order valence-electron chi connectivity index (χ4n) is 3.08. The van der Waals surface area contributed by atoms with Crippen molar-refractivity contribution in [2.45, 2.75) is 122 Å². The van der Waals surface area contributed by atoms with Crippen LogP contribution in [0, 0.1) is 0 Å². The van der Waals surface area contributed by atoms with Crippen LogP contribution >= 0.6 is 0 Å². The summed E-state index contributed by atoms with van der Waals surface area (Å²) < 4.78 is 4.08. The highest BCUT2D eigenvalue weighted by atomic mass is 16.6. The average molecular weight is 447 g/mol. The van der Waals surface area contributed by atoms with Crippen molar-refractivity contribution in [3.63, 3.8) is 0 Å². The number of aliphatic carboxylic acids is 1. The van der Waals surface area contributed by atoms with Crippen LogP contribution in [0.3, 0.4) is 0 Å². The molecule has 0 spiro atoms. The van der Waals surface area contributed by atoms with Gasteiger partial charge in [-0.15, -0.1) is 0 Å². The molecule has 0 saturated carbocycles. The Morgan fingerprint density at radius 2 is 1.00 bits per heavy atom. The highest BCUT2D eigenvalue weighted by Crippen LogP contribution is 2.13. The molecule has 7 nitrogen and oxygen atoms in total. The van der Waals surface area contributed by atoms with E-state index in [9.17, 15) is 14.4 Å². The molecule has 1 fully saturated rings. The average Bonchev–Trinajstić information content (AvgIpc) is 3.13. The minimum absolute atomic E-state index is 0.125. The van der Waals surface area contributed by atoms with Gasteiger partial charge in [-0.2, -0.15) is 0 Å². The summed E-state index contributed by atoms with van der Waals surface area (Å²) >= 11 is 0. The van der Waals surface area contributed by atoms with E-state index in [1.807, 2.05) is 0 Å². The maximum atomic E-state index is 10.3. The third-order valence-corrected chi connectivity index (χ3v) is 4.86. The molecule has 0 unspecified atom stereocenters. The Kier molecular flexibility index (Phi) is 27.2. The van der Waals surface area contributed by atoms with E-state index < -0.39 is 17.9 Å². The number of carbonyl (C=O) groups excluding carboxylic acids is 2. The SMILES string of the molecule is CCCCCCCCCCCCCCCCCC(=O)O.O=C1CCC(=O)O1.OCCO. The quantitative estimate of drug-likeness (QED) is 0.160. The molecule has 0 aromatic heterocycles.